The van der Waals surface area contributed by atoms with Gasteiger partial charge in [0.25, 0.3) is 0 Å². The van der Waals surface area contributed by atoms with Gasteiger partial charge in [0.2, 0.25) is 0 Å². The van der Waals surface area contributed by atoms with Gasteiger partial charge in [0, 0.05) is 13.1 Å². The molecule has 1 saturated carbocycles. The molecule has 1 heterocycles. The first-order chi connectivity index (χ1) is 5.61. The maximum Gasteiger partial charge on any atom is 0.407 e. The number of carboxylic acid groups (broad SMARTS) is 1. The summed E-state index contributed by atoms with van der Waals surface area (Å²) in [5, 5.41) is 17.9. The molecule has 0 aromatic rings. The predicted octanol–water partition coefficient (Wildman–Crippen LogP) is 0.223. The monoisotopic (exact) mass is 171 g/mol. The molecule has 0 bridgehead atoms. The summed E-state index contributed by atoms with van der Waals surface area (Å²) < 4.78 is 0. The Balaban J connectivity index is 1.90. The lowest BCUT2D eigenvalue weighted by Crippen LogP contribution is -2.31. The van der Waals surface area contributed by atoms with Crippen LogP contribution in [0.4, 0.5) is 4.79 Å². The molecular weight excluding hydrogens is 158 g/mol. The Morgan fingerprint density at radius 2 is 2.00 bits per heavy atom. The lowest BCUT2D eigenvalue weighted by molar-refractivity contribution is 0.124. The molecule has 12 heavy (non-hydrogen) atoms. The third kappa shape index (κ3) is 0.982. The third-order valence-electron chi connectivity index (χ3n) is 3.09. The van der Waals surface area contributed by atoms with E-state index < -0.39 is 6.09 Å². The van der Waals surface area contributed by atoms with Crippen LogP contribution in [0.2, 0.25) is 0 Å². The summed E-state index contributed by atoms with van der Waals surface area (Å²) in [5.74, 6) is 1.22. The van der Waals surface area contributed by atoms with E-state index in [1.807, 2.05) is 0 Å². The fourth-order valence-electron chi connectivity index (χ4n) is 2.44. The average molecular weight is 171 g/mol. The smallest absolute Gasteiger partial charge is 0.407 e. The first-order valence-corrected chi connectivity index (χ1v) is 4.27. The van der Waals surface area contributed by atoms with Crippen LogP contribution in [0, 0.1) is 17.8 Å². The molecule has 0 radical (unpaired) electrons. The van der Waals surface area contributed by atoms with Crippen LogP contribution < -0.4 is 0 Å². The second-order valence-corrected chi connectivity index (χ2v) is 3.83. The van der Waals surface area contributed by atoms with Gasteiger partial charge < -0.3 is 15.1 Å². The highest BCUT2D eigenvalue weighted by atomic mass is 16.4. The van der Waals surface area contributed by atoms with Gasteiger partial charge in [0.05, 0.1) is 6.10 Å². The van der Waals surface area contributed by atoms with Crippen molar-refractivity contribution in [2.75, 3.05) is 13.1 Å². The Kier molecular flexibility index (Phi) is 1.54. The van der Waals surface area contributed by atoms with E-state index in [1.165, 1.54) is 4.90 Å². The fraction of sp³-hybridized carbons (Fsp3) is 0.875. The Morgan fingerprint density at radius 3 is 2.33 bits per heavy atom. The fourth-order valence-corrected chi connectivity index (χ4v) is 2.44. The second kappa shape index (κ2) is 2.36. The van der Waals surface area contributed by atoms with Crippen molar-refractivity contribution in [1.82, 2.24) is 4.90 Å². The first-order valence-electron chi connectivity index (χ1n) is 4.27. The minimum absolute atomic E-state index is 0.268. The number of likely N-dealkylation sites (tertiary alicyclic amines) is 1. The highest BCUT2D eigenvalue weighted by Gasteiger charge is 2.58. The molecular formula is C8H13NO3. The summed E-state index contributed by atoms with van der Waals surface area (Å²) in [7, 11) is 0. The van der Waals surface area contributed by atoms with Gasteiger partial charge in [-0.05, 0) is 24.7 Å². The molecule has 1 aliphatic carbocycles. The van der Waals surface area contributed by atoms with Crippen molar-refractivity contribution in [2.24, 2.45) is 17.8 Å². The van der Waals surface area contributed by atoms with Gasteiger partial charge in [0.1, 0.15) is 0 Å². The zero-order valence-corrected chi connectivity index (χ0v) is 6.97. The number of hydrogen-bond acceptors (Lipinski definition) is 2. The van der Waals surface area contributed by atoms with E-state index >= 15 is 0 Å². The maximum atomic E-state index is 10.5. The molecule has 1 aliphatic heterocycles. The Bertz CT molecular complexity index is 204. The molecule has 0 aromatic carbocycles. The van der Waals surface area contributed by atoms with Gasteiger partial charge >= 0.3 is 6.09 Å². The normalized spacial score (nSPS) is 40.8. The molecule has 2 aliphatic rings. The summed E-state index contributed by atoms with van der Waals surface area (Å²) >= 11 is 0. The number of amides is 1. The van der Waals surface area contributed by atoms with Crippen molar-refractivity contribution >= 4 is 6.09 Å². The largest absolute Gasteiger partial charge is 0.465 e. The topological polar surface area (TPSA) is 60.8 Å². The minimum Gasteiger partial charge on any atom is -0.465 e. The molecule has 4 heteroatoms. The number of aliphatic hydroxyl groups excluding tert-OH is 1. The Morgan fingerprint density at radius 1 is 1.50 bits per heavy atom. The van der Waals surface area contributed by atoms with Crippen LogP contribution >= 0.6 is 0 Å². The molecule has 4 atom stereocenters. The van der Waals surface area contributed by atoms with E-state index in [0.29, 0.717) is 30.8 Å². The van der Waals surface area contributed by atoms with Gasteiger partial charge in [-0.3, -0.25) is 0 Å². The van der Waals surface area contributed by atoms with Crippen LogP contribution in [0.3, 0.4) is 0 Å². The molecule has 2 rings (SSSR count). The van der Waals surface area contributed by atoms with Gasteiger partial charge in [-0.1, -0.05) is 0 Å². The van der Waals surface area contributed by atoms with Crippen molar-refractivity contribution in [3.8, 4) is 0 Å². The average Bonchev–Trinajstić information content (AvgIpc) is 2.48. The number of fused-ring (bicyclic) bond motifs is 1. The van der Waals surface area contributed by atoms with Gasteiger partial charge in [0.15, 0.2) is 0 Å². The number of nitrogens with zero attached hydrogens (tertiary/aromatic N) is 1. The van der Waals surface area contributed by atoms with E-state index in [4.69, 9.17) is 5.11 Å². The van der Waals surface area contributed by atoms with Gasteiger partial charge in [-0.15, -0.1) is 0 Å². The lowest BCUT2D eigenvalue weighted by atomic mass is 10.2. The number of hydrogen-bond donors (Lipinski definition) is 2. The van der Waals surface area contributed by atoms with Crippen LogP contribution in [0.15, 0.2) is 0 Å². The van der Waals surface area contributed by atoms with Crippen molar-refractivity contribution < 1.29 is 15.0 Å². The van der Waals surface area contributed by atoms with Crippen LogP contribution in [-0.4, -0.2) is 40.4 Å². The molecule has 1 amide bonds. The van der Waals surface area contributed by atoms with Crippen LogP contribution in [0.1, 0.15) is 6.92 Å². The quantitative estimate of drug-likeness (QED) is 0.593. The zero-order chi connectivity index (χ0) is 8.88. The number of carbonyl (C=O) groups is 1. The lowest BCUT2D eigenvalue weighted by Gasteiger charge is -2.16. The van der Waals surface area contributed by atoms with Crippen LogP contribution in [0.25, 0.3) is 0 Å². The molecule has 4 nitrogen and oxygen atoms in total. The number of rotatable bonds is 1. The van der Waals surface area contributed by atoms with Crippen molar-refractivity contribution in [3.63, 3.8) is 0 Å². The van der Waals surface area contributed by atoms with E-state index in [1.54, 1.807) is 6.92 Å². The SMILES string of the molecule is C[C@@H](O)C1[C@H]2CN(C(=O)O)C[C@@H]12. The molecule has 2 fully saturated rings. The van der Waals surface area contributed by atoms with Crippen molar-refractivity contribution in [2.45, 2.75) is 13.0 Å². The van der Waals surface area contributed by atoms with Crippen LogP contribution in [-0.2, 0) is 0 Å². The van der Waals surface area contributed by atoms with E-state index in [-0.39, 0.29) is 6.10 Å². The van der Waals surface area contributed by atoms with Gasteiger partial charge in [-0.25, -0.2) is 4.79 Å². The van der Waals surface area contributed by atoms with Crippen molar-refractivity contribution in [3.05, 3.63) is 0 Å². The Labute approximate surface area is 70.8 Å². The molecule has 1 unspecified atom stereocenters. The standard InChI is InChI=1S/C8H13NO3/c1-4(10)7-5-2-9(8(11)12)3-6(5)7/h4-7,10H,2-3H2,1H3,(H,11,12)/t4-,5-,6+,7?/m1/s1. The second-order valence-electron chi connectivity index (χ2n) is 3.83. The summed E-state index contributed by atoms with van der Waals surface area (Å²) in [5.41, 5.74) is 0. The minimum atomic E-state index is -0.827. The summed E-state index contributed by atoms with van der Waals surface area (Å²) in [6, 6.07) is 0. The third-order valence-corrected chi connectivity index (χ3v) is 3.09. The number of aliphatic hydroxyl groups is 1. The van der Waals surface area contributed by atoms with E-state index in [2.05, 4.69) is 0 Å². The summed E-state index contributed by atoms with van der Waals surface area (Å²) in [6.45, 7) is 3.03. The molecule has 1 saturated heterocycles. The first kappa shape index (κ1) is 7.86. The zero-order valence-electron chi connectivity index (χ0n) is 6.97. The highest BCUT2D eigenvalue weighted by Crippen LogP contribution is 2.53. The maximum absolute atomic E-state index is 10.5. The molecule has 2 N–H and O–H groups in total. The predicted molar refractivity (Wildman–Crippen MR) is 41.7 cm³/mol. The molecule has 0 spiro atoms. The molecule has 0 aromatic heterocycles. The van der Waals surface area contributed by atoms with Crippen LogP contribution in [0.5, 0.6) is 0 Å². The van der Waals surface area contributed by atoms with Gasteiger partial charge in [-0.2, -0.15) is 0 Å². The summed E-state index contributed by atoms with van der Waals surface area (Å²) in [6.07, 6.45) is -1.09. The summed E-state index contributed by atoms with van der Waals surface area (Å²) in [4.78, 5) is 11.9. The Hall–Kier alpha value is -0.770. The van der Waals surface area contributed by atoms with E-state index in [0.717, 1.165) is 0 Å². The van der Waals surface area contributed by atoms with E-state index in [9.17, 15) is 9.90 Å². The highest BCUT2D eigenvalue weighted by molar-refractivity contribution is 5.65. The number of piperidine rings is 1. The van der Waals surface area contributed by atoms with Crippen molar-refractivity contribution in [1.29, 1.82) is 0 Å². The molecule has 68 valence electrons.